The van der Waals surface area contributed by atoms with Gasteiger partial charge in [-0.3, -0.25) is 4.79 Å². The number of hydrogen-bond acceptors (Lipinski definition) is 3. The van der Waals surface area contributed by atoms with Gasteiger partial charge < -0.3 is 15.4 Å². The number of benzene rings is 4. The molecule has 5 heteroatoms. The lowest BCUT2D eigenvalue weighted by Crippen LogP contribution is -2.35. The number of thiocarbonyl (C=S) groups is 1. The van der Waals surface area contributed by atoms with Crippen LogP contribution in [0.4, 0.5) is 5.69 Å². The van der Waals surface area contributed by atoms with Gasteiger partial charge >= 0.3 is 0 Å². The Kier molecular flexibility index (Phi) is 7.67. The normalized spacial score (nSPS) is 10.5. The molecular formula is C28H26N2O2S. The van der Waals surface area contributed by atoms with E-state index in [2.05, 4.69) is 34.9 Å². The molecule has 166 valence electrons. The van der Waals surface area contributed by atoms with Crippen molar-refractivity contribution in [2.75, 3.05) is 11.9 Å². The van der Waals surface area contributed by atoms with Crippen molar-refractivity contribution in [1.29, 1.82) is 0 Å². The first-order chi connectivity index (χ1) is 16.2. The molecule has 4 aromatic rings. The van der Waals surface area contributed by atoms with E-state index in [1.807, 2.05) is 72.8 Å². The summed E-state index contributed by atoms with van der Waals surface area (Å²) in [6.07, 6.45) is 2.21. The largest absolute Gasteiger partial charge is 0.494 e. The zero-order valence-electron chi connectivity index (χ0n) is 18.3. The second kappa shape index (κ2) is 11.2. The molecule has 4 nitrogen and oxygen atoms in total. The number of hydrogen-bond donors (Lipinski definition) is 2. The Morgan fingerprint density at radius 1 is 0.818 bits per heavy atom. The number of nitrogens with one attached hydrogen (secondary N) is 2. The van der Waals surface area contributed by atoms with Crippen molar-refractivity contribution in [3.8, 4) is 5.75 Å². The van der Waals surface area contributed by atoms with E-state index in [1.54, 1.807) is 0 Å². The summed E-state index contributed by atoms with van der Waals surface area (Å²) in [5.74, 6) is 0.654. The molecule has 0 saturated carbocycles. The Hall–Kier alpha value is -3.70. The third kappa shape index (κ3) is 6.64. The fraction of sp³-hybridized carbons (Fsp3) is 0.143. The van der Waals surface area contributed by atoms with E-state index in [9.17, 15) is 4.79 Å². The average Bonchev–Trinajstić information content (AvgIpc) is 2.83. The lowest BCUT2D eigenvalue weighted by molar-refractivity contribution is -0.119. The summed E-state index contributed by atoms with van der Waals surface area (Å²) in [4.78, 5) is 12.5. The second-order valence-corrected chi connectivity index (χ2v) is 8.19. The first-order valence-corrected chi connectivity index (χ1v) is 11.4. The van der Waals surface area contributed by atoms with Crippen molar-refractivity contribution >= 4 is 39.7 Å². The minimum absolute atomic E-state index is 0.151. The van der Waals surface area contributed by atoms with Crippen LogP contribution in [0.2, 0.25) is 0 Å². The molecule has 0 bridgehead atoms. The smallest absolute Gasteiger partial charge is 0.230 e. The zero-order valence-corrected chi connectivity index (χ0v) is 19.1. The number of fused-ring (bicyclic) bond motifs is 1. The van der Waals surface area contributed by atoms with E-state index >= 15 is 0 Å². The Bertz CT molecular complexity index is 1220. The molecule has 0 aliphatic carbocycles. The van der Waals surface area contributed by atoms with Crippen molar-refractivity contribution in [1.82, 2.24) is 5.32 Å². The van der Waals surface area contributed by atoms with Crippen molar-refractivity contribution in [3.63, 3.8) is 0 Å². The van der Waals surface area contributed by atoms with Crippen LogP contribution in [0.1, 0.15) is 17.5 Å². The quantitative estimate of drug-likeness (QED) is 0.257. The number of anilines is 1. The Morgan fingerprint density at radius 2 is 1.55 bits per heavy atom. The molecule has 0 fully saturated rings. The molecule has 33 heavy (non-hydrogen) atoms. The van der Waals surface area contributed by atoms with Crippen molar-refractivity contribution < 1.29 is 9.53 Å². The van der Waals surface area contributed by atoms with E-state index in [0.717, 1.165) is 40.6 Å². The molecule has 0 aliphatic rings. The average molecular weight is 455 g/mol. The van der Waals surface area contributed by atoms with Crippen molar-refractivity contribution in [2.45, 2.75) is 19.3 Å². The van der Waals surface area contributed by atoms with Crippen LogP contribution in [0.3, 0.4) is 0 Å². The molecule has 0 unspecified atom stereocenters. The molecule has 4 rings (SSSR count). The van der Waals surface area contributed by atoms with Crippen LogP contribution in [0, 0.1) is 0 Å². The Morgan fingerprint density at radius 3 is 2.36 bits per heavy atom. The zero-order chi connectivity index (χ0) is 22.9. The summed E-state index contributed by atoms with van der Waals surface area (Å²) in [7, 11) is 0. The van der Waals surface area contributed by atoms with Gasteiger partial charge in [0.15, 0.2) is 5.11 Å². The summed E-state index contributed by atoms with van der Waals surface area (Å²) < 4.78 is 5.82. The fourth-order valence-electron chi connectivity index (χ4n) is 3.70. The Balaban J connectivity index is 1.22. The standard InChI is InChI=1S/C28H26N2O2S/c31-27(20-23-13-6-12-22-11-4-5-14-26(22)23)30-28(33)29-24-15-17-25(18-16-24)32-19-7-10-21-8-2-1-3-9-21/h1-6,8-9,11-18H,7,10,19-20H2,(H2,29,30,31,33). The monoisotopic (exact) mass is 454 g/mol. The highest BCUT2D eigenvalue weighted by Crippen LogP contribution is 2.19. The summed E-state index contributed by atoms with van der Waals surface area (Å²) in [5.41, 5.74) is 3.08. The number of rotatable bonds is 8. The first-order valence-electron chi connectivity index (χ1n) is 11.0. The summed E-state index contributed by atoms with van der Waals surface area (Å²) in [6, 6.07) is 32.0. The van der Waals surface area contributed by atoms with Gasteiger partial charge in [0.05, 0.1) is 13.0 Å². The molecule has 4 aromatic carbocycles. The van der Waals surface area contributed by atoms with Crippen LogP contribution in [0.15, 0.2) is 97.1 Å². The number of ether oxygens (including phenoxy) is 1. The predicted octanol–water partition coefficient (Wildman–Crippen LogP) is 5.91. The van der Waals surface area contributed by atoms with E-state index in [1.165, 1.54) is 5.56 Å². The lowest BCUT2D eigenvalue weighted by Gasteiger charge is -2.12. The van der Waals surface area contributed by atoms with Gasteiger partial charge in [-0.2, -0.15) is 0 Å². The van der Waals surface area contributed by atoms with Crippen LogP contribution in [0.5, 0.6) is 5.75 Å². The number of carbonyl (C=O) groups excluding carboxylic acids is 1. The van der Waals surface area contributed by atoms with Crippen LogP contribution < -0.4 is 15.4 Å². The van der Waals surface area contributed by atoms with Crippen LogP contribution in [-0.2, 0) is 17.6 Å². The molecule has 0 saturated heterocycles. The molecule has 0 heterocycles. The predicted molar refractivity (Wildman–Crippen MR) is 139 cm³/mol. The molecule has 0 radical (unpaired) electrons. The molecule has 0 aliphatic heterocycles. The van der Waals surface area contributed by atoms with E-state index in [-0.39, 0.29) is 17.4 Å². The molecule has 0 atom stereocenters. The summed E-state index contributed by atoms with van der Waals surface area (Å²) >= 11 is 5.32. The Labute approximate surface area is 199 Å². The van der Waals surface area contributed by atoms with E-state index in [4.69, 9.17) is 17.0 Å². The topological polar surface area (TPSA) is 50.4 Å². The number of aryl methyl sites for hydroxylation is 1. The second-order valence-electron chi connectivity index (χ2n) is 7.78. The molecule has 2 N–H and O–H groups in total. The van der Waals surface area contributed by atoms with Crippen molar-refractivity contribution in [2.24, 2.45) is 0 Å². The van der Waals surface area contributed by atoms with Crippen LogP contribution in [-0.4, -0.2) is 17.6 Å². The maximum Gasteiger partial charge on any atom is 0.230 e. The van der Waals surface area contributed by atoms with Crippen LogP contribution >= 0.6 is 12.2 Å². The number of carbonyl (C=O) groups is 1. The third-order valence-electron chi connectivity index (χ3n) is 5.32. The fourth-order valence-corrected chi connectivity index (χ4v) is 3.93. The van der Waals surface area contributed by atoms with E-state index < -0.39 is 0 Å². The highest BCUT2D eigenvalue weighted by atomic mass is 32.1. The van der Waals surface area contributed by atoms with Gasteiger partial charge in [-0.1, -0.05) is 72.8 Å². The molecule has 0 aromatic heterocycles. The summed E-state index contributed by atoms with van der Waals surface area (Å²) in [5, 5.41) is 8.29. The lowest BCUT2D eigenvalue weighted by atomic mass is 10.0. The maximum absolute atomic E-state index is 12.5. The van der Waals surface area contributed by atoms with Gasteiger partial charge in [-0.05, 0) is 71.2 Å². The SMILES string of the molecule is O=C(Cc1cccc2ccccc12)NC(=S)Nc1ccc(OCCCc2ccccc2)cc1. The minimum Gasteiger partial charge on any atom is -0.494 e. The van der Waals surface area contributed by atoms with Gasteiger partial charge in [0.1, 0.15) is 5.75 Å². The third-order valence-corrected chi connectivity index (χ3v) is 5.52. The van der Waals surface area contributed by atoms with Gasteiger partial charge in [-0.15, -0.1) is 0 Å². The van der Waals surface area contributed by atoms with Crippen LogP contribution in [0.25, 0.3) is 10.8 Å². The number of amides is 1. The highest BCUT2D eigenvalue weighted by Gasteiger charge is 2.09. The molecule has 1 amide bonds. The van der Waals surface area contributed by atoms with Gasteiger partial charge in [0.2, 0.25) is 5.91 Å². The molecule has 0 spiro atoms. The van der Waals surface area contributed by atoms with Gasteiger partial charge in [0, 0.05) is 5.69 Å². The summed E-state index contributed by atoms with van der Waals surface area (Å²) in [6.45, 7) is 0.657. The van der Waals surface area contributed by atoms with E-state index in [0.29, 0.717) is 6.61 Å². The van der Waals surface area contributed by atoms with Gasteiger partial charge in [0.25, 0.3) is 0 Å². The molecular weight excluding hydrogens is 428 g/mol. The van der Waals surface area contributed by atoms with Gasteiger partial charge in [-0.25, -0.2) is 0 Å². The first kappa shape index (κ1) is 22.5. The van der Waals surface area contributed by atoms with Crippen molar-refractivity contribution in [3.05, 3.63) is 108 Å². The maximum atomic E-state index is 12.5. The minimum atomic E-state index is -0.151. The highest BCUT2D eigenvalue weighted by molar-refractivity contribution is 7.80.